The second kappa shape index (κ2) is 9.24. The van der Waals surface area contributed by atoms with E-state index >= 15 is 0 Å². The van der Waals surface area contributed by atoms with Crippen molar-refractivity contribution in [2.75, 3.05) is 5.43 Å². The average Bonchev–Trinajstić information content (AvgIpc) is 3.45. The second-order valence-electron chi connectivity index (χ2n) is 7.63. The molecule has 3 aromatic heterocycles. The first kappa shape index (κ1) is 22.1. The molecule has 0 bridgehead atoms. The van der Waals surface area contributed by atoms with Gasteiger partial charge in [0, 0.05) is 28.8 Å². The van der Waals surface area contributed by atoms with E-state index in [1.165, 1.54) is 17.7 Å². The van der Waals surface area contributed by atoms with Crippen molar-refractivity contribution in [2.24, 2.45) is 0 Å². The number of hydrogen-bond donors (Lipinski definition) is 1. The maximum atomic E-state index is 13.2. The van der Waals surface area contributed by atoms with Crippen LogP contribution in [0.15, 0.2) is 76.3 Å². The number of aromatic nitrogens is 3. The van der Waals surface area contributed by atoms with Gasteiger partial charge >= 0.3 is 0 Å². The molecule has 2 aromatic carbocycles. The molecule has 0 saturated heterocycles. The van der Waals surface area contributed by atoms with Gasteiger partial charge in [0.2, 0.25) is 5.91 Å². The zero-order valence-electron chi connectivity index (χ0n) is 18.1. The third kappa shape index (κ3) is 4.25. The van der Waals surface area contributed by atoms with Gasteiger partial charge in [0.1, 0.15) is 11.2 Å². The molecule has 170 valence electrons. The van der Waals surface area contributed by atoms with Crippen molar-refractivity contribution < 1.29 is 9.21 Å². The van der Waals surface area contributed by atoms with E-state index in [1.807, 2.05) is 55.5 Å². The van der Waals surface area contributed by atoms with E-state index in [2.05, 4.69) is 15.4 Å². The molecule has 5 rings (SSSR count). The maximum Gasteiger partial charge on any atom is 0.281 e. The summed E-state index contributed by atoms with van der Waals surface area (Å²) in [5, 5.41) is 1.05. The standard InChI is InChI=1S/C25H19ClN4O3S/c1-15-22(16-7-3-2-4-8-16)23-24(34-15)28-14-30(25(23)32)29-20(31)11-12-21-27-13-19(33-21)17-9-5-6-10-18(17)26/h2-10,13-14H,11-12H2,1H3,(H,29,31). The van der Waals surface area contributed by atoms with Gasteiger partial charge < -0.3 is 4.42 Å². The van der Waals surface area contributed by atoms with E-state index in [0.29, 0.717) is 26.9 Å². The molecule has 5 aromatic rings. The molecule has 0 unspecified atom stereocenters. The smallest absolute Gasteiger partial charge is 0.281 e. The van der Waals surface area contributed by atoms with E-state index in [0.717, 1.165) is 26.2 Å². The fraction of sp³-hybridized carbons (Fsp3) is 0.120. The fourth-order valence-electron chi connectivity index (χ4n) is 3.76. The van der Waals surface area contributed by atoms with Crippen molar-refractivity contribution in [3.63, 3.8) is 0 Å². The van der Waals surface area contributed by atoms with Gasteiger partial charge in [-0.25, -0.2) is 14.6 Å². The highest BCUT2D eigenvalue weighted by Gasteiger charge is 2.18. The number of nitrogens with one attached hydrogen (secondary N) is 1. The molecule has 0 saturated carbocycles. The number of amides is 1. The highest BCUT2D eigenvalue weighted by Crippen LogP contribution is 2.35. The highest BCUT2D eigenvalue weighted by molar-refractivity contribution is 7.19. The molecule has 1 N–H and O–H groups in total. The Morgan fingerprint density at radius 3 is 2.68 bits per heavy atom. The molecule has 7 nitrogen and oxygen atoms in total. The highest BCUT2D eigenvalue weighted by atomic mass is 35.5. The summed E-state index contributed by atoms with van der Waals surface area (Å²) < 4.78 is 6.88. The normalized spacial score (nSPS) is 11.1. The second-order valence-corrected chi connectivity index (χ2v) is 9.24. The molecule has 0 fully saturated rings. The topological polar surface area (TPSA) is 90.0 Å². The van der Waals surface area contributed by atoms with E-state index in [4.69, 9.17) is 16.0 Å². The van der Waals surface area contributed by atoms with Crippen LogP contribution in [0.1, 0.15) is 17.2 Å². The van der Waals surface area contributed by atoms with E-state index in [9.17, 15) is 9.59 Å². The summed E-state index contributed by atoms with van der Waals surface area (Å²) >= 11 is 7.66. The van der Waals surface area contributed by atoms with Crippen LogP contribution in [0.5, 0.6) is 0 Å². The Labute approximate surface area is 203 Å². The molecule has 9 heteroatoms. The number of carbonyl (C=O) groups is 1. The molecular weight excluding hydrogens is 472 g/mol. The lowest BCUT2D eigenvalue weighted by Crippen LogP contribution is -2.33. The quantitative estimate of drug-likeness (QED) is 0.342. The molecule has 3 heterocycles. The van der Waals surface area contributed by atoms with Crippen LogP contribution in [0.2, 0.25) is 5.02 Å². The van der Waals surface area contributed by atoms with Gasteiger partial charge in [-0.2, -0.15) is 0 Å². The number of halogens is 1. The van der Waals surface area contributed by atoms with Crippen molar-refractivity contribution in [2.45, 2.75) is 19.8 Å². The number of benzene rings is 2. The zero-order chi connectivity index (χ0) is 23.7. The number of oxazole rings is 1. The van der Waals surface area contributed by atoms with Gasteiger partial charge in [-0.1, -0.05) is 54.1 Å². The molecule has 0 atom stereocenters. The Kier molecular flexibility index (Phi) is 6.00. The molecule has 1 amide bonds. The van der Waals surface area contributed by atoms with Crippen LogP contribution in [-0.4, -0.2) is 20.6 Å². The SMILES string of the molecule is Cc1sc2ncn(NC(=O)CCc3ncc(-c4ccccc4Cl)o3)c(=O)c2c1-c1ccccc1. The van der Waals surface area contributed by atoms with Crippen LogP contribution in [0.25, 0.3) is 32.7 Å². The predicted octanol–water partition coefficient (Wildman–Crippen LogP) is 5.44. The molecule has 0 aliphatic heterocycles. The fourth-order valence-corrected chi connectivity index (χ4v) is 4.99. The Morgan fingerprint density at radius 1 is 1.12 bits per heavy atom. The van der Waals surface area contributed by atoms with Crippen molar-refractivity contribution in [3.8, 4) is 22.5 Å². The number of fused-ring (bicyclic) bond motifs is 1. The molecule has 34 heavy (non-hydrogen) atoms. The van der Waals surface area contributed by atoms with Crippen LogP contribution in [-0.2, 0) is 11.2 Å². The van der Waals surface area contributed by atoms with Crippen LogP contribution < -0.4 is 11.0 Å². The van der Waals surface area contributed by atoms with E-state index in [1.54, 1.807) is 12.3 Å². The largest absolute Gasteiger partial charge is 0.441 e. The number of thiophene rings is 1. The molecule has 0 aliphatic carbocycles. The number of nitrogens with zero attached hydrogens (tertiary/aromatic N) is 3. The summed E-state index contributed by atoms with van der Waals surface area (Å²) in [6.45, 7) is 1.96. The van der Waals surface area contributed by atoms with E-state index < -0.39 is 0 Å². The lowest BCUT2D eigenvalue weighted by Gasteiger charge is -2.08. The average molecular weight is 491 g/mol. The molecule has 0 radical (unpaired) electrons. The Hall–Kier alpha value is -3.75. The maximum absolute atomic E-state index is 13.2. The van der Waals surface area contributed by atoms with Gasteiger partial charge in [0.15, 0.2) is 11.7 Å². The van der Waals surface area contributed by atoms with Crippen LogP contribution in [0, 0.1) is 6.92 Å². The molecular formula is C25H19ClN4O3S. The first-order chi connectivity index (χ1) is 16.5. The zero-order valence-corrected chi connectivity index (χ0v) is 19.7. The lowest BCUT2D eigenvalue weighted by atomic mass is 10.0. The first-order valence-corrected chi connectivity index (χ1v) is 11.8. The van der Waals surface area contributed by atoms with Gasteiger partial charge in [0.05, 0.1) is 16.6 Å². The van der Waals surface area contributed by atoms with Gasteiger partial charge in [-0.05, 0) is 24.6 Å². The number of hydrogen-bond acceptors (Lipinski definition) is 6. The summed E-state index contributed by atoms with van der Waals surface area (Å²) in [6, 6.07) is 17.0. The summed E-state index contributed by atoms with van der Waals surface area (Å²) in [4.78, 5) is 36.0. The van der Waals surface area contributed by atoms with Crippen LogP contribution in [0.3, 0.4) is 0 Å². The summed E-state index contributed by atoms with van der Waals surface area (Å²) in [5.74, 6) is 0.591. The van der Waals surface area contributed by atoms with Crippen molar-refractivity contribution in [1.82, 2.24) is 14.6 Å². The minimum absolute atomic E-state index is 0.0845. The minimum atomic E-state index is -0.353. The van der Waals surface area contributed by atoms with Gasteiger partial charge in [-0.3, -0.25) is 15.0 Å². The Morgan fingerprint density at radius 2 is 1.88 bits per heavy atom. The van der Waals surface area contributed by atoms with E-state index in [-0.39, 0.29) is 24.3 Å². The Balaban J connectivity index is 1.33. The van der Waals surface area contributed by atoms with Crippen molar-refractivity contribution in [3.05, 3.63) is 93.3 Å². The van der Waals surface area contributed by atoms with Gasteiger partial charge in [0.25, 0.3) is 5.56 Å². The van der Waals surface area contributed by atoms with Crippen molar-refractivity contribution in [1.29, 1.82) is 0 Å². The third-order valence-corrected chi connectivity index (χ3v) is 6.70. The molecule has 0 aliphatic rings. The minimum Gasteiger partial charge on any atom is -0.441 e. The van der Waals surface area contributed by atoms with Crippen LogP contribution >= 0.6 is 22.9 Å². The van der Waals surface area contributed by atoms with Crippen molar-refractivity contribution >= 4 is 39.1 Å². The predicted molar refractivity (Wildman–Crippen MR) is 134 cm³/mol. The number of aryl methyl sites for hydroxylation is 2. The van der Waals surface area contributed by atoms with Gasteiger partial charge in [-0.15, -0.1) is 11.3 Å². The molecule has 0 spiro atoms. The summed E-state index contributed by atoms with van der Waals surface area (Å²) in [5.41, 5.74) is 4.82. The number of rotatable bonds is 6. The number of carbonyl (C=O) groups excluding carboxylic acids is 1. The first-order valence-electron chi connectivity index (χ1n) is 10.6. The monoisotopic (exact) mass is 490 g/mol. The third-order valence-electron chi connectivity index (χ3n) is 5.36. The van der Waals surface area contributed by atoms with Crippen LogP contribution in [0.4, 0.5) is 0 Å². The Bertz CT molecular complexity index is 1560. The summed E-state index contributed by atoms with van der Waals surface area (Å²) in [7, 11) is 0. The lowest BCUT2D eigenvalue weighted by molar-refractivity contribution is -0.117. The summed E-state index contributed by atoms with van der Waals surface area (Å²) in [6.07, 6.45) is 3.28.